The van der Waals surface area contributed by atoms with E-state index in [9.17, 15) is 4.79 Å². The molecule has 0 unspecified atom stereocenters. The topological polar surface area (TPSA) is 50.7 Å². The van der Waals surface area contributed by atoms with Crippen molar-refractivity contribution < 1.29 is 9.53 Å². The molecule has 3 rings (SSSR count). The molecule has 1 aliphatic carbocycles. The van der Waals surface area contributed by atoms with Crippen LogP contribution in [0.4, 0.5) is 0 Å². The van der Waals surface area contributed by atoms with E-state index < -0.39 is 0 Å². The Kier molecular flexibility index (Phi) is 3.89. The van der Waals surface area contributed by atoms with Crippen LogP contribution in [0.1, 0.15) is 38.2 Å². The van der Waals surface area contributed by atoms with Gasteiger partial charge >= 0.3 is 0 Å². The number of nitrogens with zero attached hydrogens (tertiary/aromatic N) is 1. The van der Waals surface area contributed by atoms with Crippen molar-refractivity contribution in [2.45, 2.75) is 44.2 Å². The number of amides is 1. The molecule has 1 aromatic rings. The van der Waals surface area contributed by atoms with Crippen LogP contribution in [0.5, 0.6) is 0 Å². The largest absolute Gasteiger partial charge is 0.469 e. The first-order valence-electron chi connectivity index (χ1n) is 7.33. The fourth-order valence-electron chi connectivity index (χ4n) is 3.23. The van der Waals surface area contributed by atoms with Crippen LogP contribution in [0.15, 0.2) is 29.3 Å². The molecule has 21 heavy (non-hydrogen) atoms. The highest BCUT2D eigenvalue weighted by atomic mass is 35.5. The van der Waals surface area contributed by atoms with E-state index in [1.165, 1.54) is 0 Å². The number of halogens is 1. The first-order valence-corrected chi connectivity index (χ1v) is 7.71. The molecule has 1 N–H and O–H groups in total. The zero-order chi connectivity index (χ0) is 14.9. The third-order valence-electron chi connectivity index (χ3n) is 4.11. The predicted molar refractivity (Wildman–Crippen MR) is 82.7 cm³/mol. The summed E-state index contributed by atoms with van der Waals surface area (Å²) in [5.74, 6) is 0.687. The molecule has 1 saturated carbocycles. The SMILES string of the molecule is CC(=O)N[C@H]1CCC[C@]2(CN=C(c3cccc(Cl)c3)O2)C1. The molecule has 1 aliphatic heterocycles. The summed E-state index contributed by atoms with van der Waals surface area (Å²) >= 11 is 6.02. The maximum absolute atomic E-state index is 11.2. The first-order chi connectivity index (χ1) is 10.1. The van der Waals surface area contributed by atoms with Crippen LogP contribution in [0.3, 0.4) is 0 Å². The number of nitrogens with one attached hydrogen (secondary N) is 1. The second kappa shape index (κ2) is 5.68. The van der Waals surface area contributed by atoms with E-state index in [1.54, 1.807) is 6.92 Å². The normalized spacial score (nSPS) is 28.1. The van der Waals surface area contributed by atoms with Crippen molar-refractivity contribution in [1.29, 1.82) is 0 Å². The van der Waals surface area contributed by atoms with Crippen LogP contribution in [0.2, 0.25) is 5.02 Å². The molecule has 1 amide bonds. The molecule has 1 spiro atoms. The van der Waals surface area contributed by atoms with Crippen molar-refractivity contribution in [3.05, 3.63) is 34.9 Å². The molecule has 5 heteroatoms. The second-order valence-electron chi connectivity index (χ2n) is 5.91. The number of rotatable bonds is 2. The molecule has 112 valence electrons. The minimum absolute atomic E-state index is 0.0195. The summed E-state index contributed by atoms with van der Waals surface area (Å²) in [4.78, 5) is 15.8. The molecule has 1 heterocycles. The number of benzene rings is 1. The van der Waals surface area contributed by atoms with Gasteiger partial charge in [-0.15, -0.1) is 0 Å². The van der Waals surface area contributed by atoms with Crippen molar-refractivity contribution in [2.24, 2.45) is 4.99 Å². The van der Waals surface area contributed by atoms with Gasteiger partial charge in [-0.1, -0.05) is 17.7 Å². The quantitative estimate of drug-likeness (QED) is 0.913. The molecule has 4 nitrogen and oxygen atoms in total. The highest BCUT2D eigenvalue weighted by Crippen LogP contribution is 2.36. The second-order valence-corrected chi connectivity index (χ2v) is 6.35. The summed E-state index contributed by atoms with van der Waals surface area (Å²) in [5.41, 5.74) is 0.657. The summed E-state index contributed by atoms with van der Waals surface area (Å²) < 4.78 is 6.18. The number of carbonyl (C=O) groups excluding carboxylic acids is 1. The smallest absolute Gasteiger partial charge is 0.217 e. The predicted octanol–water partition coefficient (Wildman–Crippen LogP) is 2.93. The average molecular weight is 307 g/mol. The molecular weight excluding hydrogens is 288 g/mol. The molecule has 0 aromatic heterocycles. The van der Waals surface area contributed by atoms with E-state index >= 15 is 0 Å². The Morgan fingerprint density at radius 3 is 3.14 bits per heavy atom. The molecule has 2 atom stereocenters. The molecule has 0 radical (unpaired) electrons. The Labute approximate surface area is 129 Å². The first kappa shape index (κ1) is 14.4. The third-order valence-corrected chi connectivity index (χ3v) is 4.34. The number of hydrogen-bond acceptors (Lipinski definition) is 3. The van der Waals surface area contributed by atoms with Gasteiger partial charge in [-0.3, -0.25) is 4.79 Å². The number of carbonyl (C=O) groups is 1. The van der Waals surface area contributed by atoms with Gasteiger partial charge in [0, 0.05) is 30.0 Å². The van der Waals surface area contributed by atoms with Crippen molar-refractivity contribution in [1.82, 2.24) is 5.32 Å². The van der Waals surface area contributed by atoms with Gasteiger partial charge in [-0.25, -0.2) is 4.99 Å². The van der Waals surface area contributed by atoms with Crippen molar-refractivity contribution in [3.63, 3.8) is 0 Å². The third kappa shape index (κ3) is 3.21. The van der Waals surface area contributed by atoms with Crippen molar-refractivity contribution in [3.8, 4) is 0 Å². The number of aliphatic imine (C=N–C) groups is 1. The fourth-order valence-corrected chi connectivity index (χ4v) is 3.42. The lowest BCUT2D eigenvalue weighted by atomic mass is 9.82. The highest BCUT2D eigenvalue weighted by molar-refractivity contribution is 6.31. The lowest BCUT2D eigenvalue weighted by Gasteiger charge is -2.37. The summed E-state index contributed by atoms with van der Waals surface area (Å²) in [6.07, 6.45) is 3.86. The van der Waals surface area contributed by atoms with E-state index in [-0.39, 0.29) is 17.6 Å². The summed E-state index contributed by atoms with van der Waals surface area (Å²) in [5, 5.41) is 3.69. The van der Waals surface area contributed by atoms with Crippen molar-refractivity contribution >= 4 is 23.4 Å². The van der Waals surface area contributed by atoms with Crippen LogP contribution in [-0.4, -0.2) is 30.0 Å². The minimum Gasteiger partial charge on any atom is -0.469 e. The monoisotopic (exact) mass is 306 g/mol. The maximum Gasteiger partial charge on any atom is 0.217 e. The number of ether oxygens (including phenoxy) is 1. The lowest BCUT2D eigenvalue weighted by Crippen LogP contribution is -2.47. The van der Waals surface area contributed by atoms with Gasteiger partial charge < -0.3 is 10.1 Å². The van der Waals surface area contributed by atoms with E-state index in [0.717, 1.165) is 31.2 Å². The molecule has 1 aromatic carbocycles. The van der Waals surface area contributed by atoms with Gasteiger partial charge in [0.05, 0.1) is 6.54 Å². The fraction of sp³-hybridized carbons (Fsp3) is 0.500. The van der Waals surface area contributed by atoms with Gasteiger partial charge in [-0.05, 0) is 37.5 Å². The van der Waals surface area contributed by atoms with Gasteiger partial charge in [0.2, 0.25) is 11.8 Å². The van der Waals surface area contributed by atoms with Gasteiger partial charge in [0.25, 0.3) is 0 Å². The Balaban J connectivity index is 1.71. The van der Waals surface area contributed by atoms with Gasteiger partial charge in [-0.2, -0.15) is 0 Å². The zero-order valence-corrected chi connectivity index (χ0v) is 12.8. The van der Waals surface area contributed by atoms with Crippen molar-refractivity contribution in [2.75, 3.05) is 6.54 Å². The summed E-state index contributed by atoms with van der Waals surface area (Å²) in [7, 11) is 0. The molecule has 1 fully saturated rings. The van der Waals surface area contributed by atoms with E-state index in [1.807, 2.05) is 24.3 Å². The minimum atomic E-state index is -0.261. The van der Waals surface area contributed by atoms with Crippen LogP contribution >= 0.6 is 11.6 Å². The Hall–Kier alpha value is -1.55. The molecular formula is C16H19ClN2O2. The van der Waals surface area contributed by atoms with E-state index in [4.69, 9.17) is 16.3 Å². The summed E-state index contributed by atoms with van der Waals surface area (Å²) in [6, 6.07) is 7.75. The van der Waals surface area contributed by atoms with Gasteiger partial charge in [0.1, 0.15) is 5.60 Å². The average Bonchev–Trinajstić information content (AvgIpc) is 2.82. The van der Waals surface area contributed by atoms with E-state index in [0.29, 0.717) is 17.5 Å². The van der Waals surface area contributed by atoms with Crippen LogP contribution in [0.25, 0.3) is 0 Å². The number of hydrogen-bond donors (Lipinski definition) is 1. The van der Waals surface area contributed by atoms with E-state index in [2.05, 4.69) is 10.3 Å². The Morgan fingerprint density at radius 1 is 1.52 bits per heavy atom. The zero-order valence-electron chi connectivity index (χ0n) is 12.1. The maximum atomic E-state index is 11.2. The summed E-state index contributed by atoms with van der Waals surface area (Å²) in [6.45, 7) is 2.22. The highest BCUT2D eigenvalue weighted by Gasteiger charge is 2.42. The molecule has 2 aliphatic rings. The molecule has 0 bridgehead atoms. The Morgan fingerprint density at radius 2 is 2.38 bits per heavy atom. The van der Waals surface area contributed by atoms with Gasteiger partial charge in [0.15, 0.2) is 0 Å². The van der Waals surface area contributed by atoms with Crippen LogP contribution in [-0.2, 0) is 9.53 Å². The lowest BCUT2D eigenvalue weighted by molar-refractivity contribution is -0.120. The molecule has 0 saturated heterocycles. The Bertz CT molecular complexity index is 587. The standard InChI is InChI=1S/C16H19ClN2O2/c1-11(20)19-14-6-3-7-16(9-14)10-18-15(21-16)12-4-2-5-13(17)8-12/h2,4-5,8,14H,3,6-7,9-10H2,1H3,(H,19,20)/t14-,16+/m0/s1. The van der Waals surface area contributed by atoms with Crippen LogP contribution < -0.4 is 5.32 Å². The van der Waals surface area contributed by atoms with Crippen LogP contribution in [0, 0.1) is 0 Å².